The fourth-order valence-corrected chi connectivity index (χ4v) is 3.75. The summed E-state index contributed by atoms with van der Waals surface area (Å²) in [5.74, 6) is -1.19. The Labute approximate surface area is 187 Å². The van der Waals surface area contributed by atoms with Gasteiger partial charge in [0.15, 0.2) is 0 Å². The molecular weight excluding hydrogens is 409 g/mol. The smallest absolute Gasteiger partial charge is 0.252 e. The number of carbonyl (C=O) groups is 2. The average Bonchev–Trinajstić information content (AvgIpc) is 3.43. The van der Waals surface area contributed by atoms with Crippen LogP contribution in [0.2, 0.25) is 0 Å². The number of aromatic nitrogens is 2. The standard InChI is InChI=1S/C20H20FN5O2.C2H6.C2H2/c21-15-6-3-7-16(15)25-18-14(20(23)28)9-24-26-10-11(8-17(18)26)12-4-1-2-5-13(12)19(22)27;2*1-2/h1-2,4-5,8-10,15-16,25H,3,6-7H2,(H2,22,27)(H2,23,28);1-2H3;1-2H/t15-,16+;;/m0../s1. The number of amides is 2. The fourth-order valence-electron chi connectivity index (χ4n) is 3.75. The number of terminal acetylenes is 1. The molecule has 0 saturated heterocycles. The Morgan fingerprint density at radius 1 is 1.12 bits per heavy atom. The first-order valence-electron chi connectivity index (χ1n) is 10.4. The molecule has 3 aromatic rings. The van der Waals surface area contributed by atoms with Gasteiger partial charge in [-0.25, -0.2) is 8.91 Å². The van der Waals surface area contributed by atoms with Crippen LogP contribution in [0.1, 0.15) is 53.8 Å². The zero-order valence-electron chi connectivity index (χ0n) is 18.2. The lowest BCUT2D eigenvalue weighted by atomic mass is 10.0. The number of anilines is 1. The van der Waals surface area contributed by atoms with Crippen LogP contribution in [0.5, 0.6) is 0 Å². The zero-order chi connectivity index (χ0) is 23.8. The number of nitrogens with zero attached hydrogens (tertiary/aromatic N) is 2. The molecule has 1 aromatic carbocycles. The Hall–Kier alpha value is -3.86. The summed E-state index contributed by atoms with van der Waals surface area (Å²) in [5, 5.41) is 7.40. The predicted octanol–water partition coefficient (Wildman–Crippen LogP) is 3.78. The van der Waals surface area contributed by atoms with Crippen LogP contribution in [0.15, 0.2) is 42.7 Å². The van der Waals surface area contributed by atoms with Crippen molar-refractivity contribution in [3.8, 4) is 24.0 Å². The van der Waals surface area contributed by atoms with Crippen molar-refractivity contribution >= 4 is 23.0 Å². The Kier molecular flexibility index (Phi) is 8.36. The van der Waals surface area contributed by atoms with Gasteiger partial charge < -0.3 is 16.8 Å². The summed E-state index contributed by atoms with van der Waals surface area (Å²) < 4.78 is 15.7. The van der Waals surface area contributed by atoms with Crippen molar-refractivity contribution < 1.29 is 14.0 Å². The van der Waals surface area contributed by atoms with Crippen molar-refractivity contribution in [2.24, 2.45) is 11.5 Å². The zero-order valence-corrected chi connectivity index (χ0v) is 18.2. The van der Waals surface area contributed by atoms with E-state index in [1.807, 2.05) is 13.8 Å². The third-order valence-electron chi connectivity index (χ3n) is 5.17. The molecular formula is C24H28FN5O2. The van der Waals surface area contributed by atoms with E-state index in [9.17, 15) is 14.0 Å². The van der Waals surface area contributed by atoms with Crippen molar-refractivity contribution in [1.82, 2.24) is 9.61 Å². The highest BCUT2D eigenvalue weighted by atomic mass is 19.1. The van der Waals surface area contributed by atoms with E-state index in [0.29, 0.717) is 40.7 Å². The summed E-state index contributed by atoms with van der Waals surface area (Å²) in [7, 11) is 0. The highest BCUT2D eigenvalue weighted by Crippen LogP contribution is 2.33. The first-order chi connectivity index (χ1) is 15.5. The van der Waals surface area contributed by atoms with E-state index in [0.717, 1.165) is 6.42 Å². The van der Waals surface area contributed by atoms with Gasteiger partial charge in [-0.3, -0.25) is 9.59 Å². The monoisotopic (exact) mass is 437 g/mol. The molecule has 2 amide bonds. The number of nitrogens with one attached hydrogen (secondary N) is 1. The first-order valence-corrected chi connectivity index (χ1v) is 10.4. The number of primary amides is 2. The summed E-state index contributed by atoms with van der Waals surface area (Å²) in [4.78, 5) is 23.7. The first kappa shape index (κ1) is 24.4. The maximum atomic E-state index is 14.2. The van der Waals surface area contributed by atoms with Crippen LogP contribution in [-0.4, -0.2) is 33.6 Å². The predicted molar refractivity (Wildman–Crippen MR) is 125 cm³/mol. The molecule has 2 heterocycles. The maximum absolute atomic E-state index is 14.2. The molecule has 168 valence electrons. The lowest BCUT2D eigenvalue weighted by Gasteiger charge is -2.19. The Morgan fingerprint density at radius 2 is 1.78 bits per heavy atom. The third-order valence-corrected chi connectivity index (χ3v) is 5.17. The summed E-state index contributed by atoms with van der Waals surface area (Å²) >= 11 is 0. The molecule has 0 bridgehead atoms. The van der Waals surface area contributed by atoms with E-state index in [1.54, 1.807) is 41.0 Å². The van der Waals surface area contributed by atoms with E-state index < -0.39 is 18.0 Å². The lowest BCUT2D eigenvalue weighted by Crippen LogP contribution is -2.27. The molecule has 7 nitrogen and oxygen atoms in total. The van der Waals surface area contributed by atoms with E-state index in [-0.39, 0.29) is 11.6 Å². The number of alkyl halides is 1. The second-order valence-corrected chi connectivity index (χ2v) is 6.96. The van der Waals surface area contributed by atoms with Gasteiger partial charge in [-0.2, -0.15) is 5.10 Å². The maximum Gasteiger partial charge on any atom is 0.252 e. The van der Waals surface area contributed by atoms with Gasteiger partial charge in [0, 0.05) is 17.3 Å². The molecule has 0 radical (unpaired) electrons. The quantitative estimate of drug-likeness (QED) is 0.527. The van der Waals surface area contributed by atoms with Gasteiger partial charge >= 0.3 is 0 Å². The minimum atomic E-state index is -0.987. The van der Waals surface area contributed by atoms with Crippen molar-refractivity contribution in [1.29, 1.82) is 0 Å². The average molecular weight is 438 g/mol. The summed E-state index contributed by atoms with van der Waals surface area (Å²) in [6.07, 6.45) is 12.1. The number of hydrogen-bond acceptors (Lipinski definition) is 4. The van der Waals surface area contributed by atoms with Crippen LogP contribution >= 0.6 is 0 Å². The van der Waals surface area contributed by atoms with E-state index in [2.05, 4.69) is 23.3 Å². The third kappa shape index (κ3) is 4.89. The fraction of sp³-hybridized carbons (Fsp3) is 0.292. The summed E-state index contributed by atoms with van der Waals surface area (Å²) in [6.45, 7) is 4.00. The minimum Gasteiger partial charge on any atom is -0.377 e. The SMILES string of the molecule is C#C.CC.NC(=O)c1ccccc1-c1cc2c(N[C@@H]3CCC[C@@H]3F)c(C(N)=O)cnn2c1. The van der Waals surface area contributed by atoms with Gasteiger partial charge in [0.05, 0.1) is 29.0 Å². The molecule has 2 atom stereocenters. The second-order valence-electron chi connectivity index (χ2n) is 6.96. The molecule has 32 heavy (non-hydrogen) atoms. The number of halogens is 1. The molecule has 2 aromatic heterocycles. The van der Waals surface area contributed by atoms with E-state index in [1.165, 1.54) is 6.20 Å². The van der Waals surface area contributed by atoms with Crippen molar-refractivity contribution in [2.45, 2.75) is 45.3 Å². The number of carbonyl (C=O) groups excluding carboxylic acids is 2. The Balaban J connectivity index is 0.000000860. The minimum absolute atomic E-state index is 0.194. The molecule has 4 rings (SSSR count). The topological polar surface area (TPSA) is 116 Å². The Bertz CT molecular complexity index is 1120. The number of rotatable bonds is 5. The van der Waals surface area contributed by atoms with Gasteiger partial charge in [0.2, 0.25) is 5.91 Å². The molecule has 5 N–H and O–H groups in total. The summed E-state index contributed by atoms with van der Waals surface area (Å²) in [5.41, 5.74) is 13.9. The van der Waals surface area contributed by atoms with Crippen molar-refractivity contribution in [2.75, 3.05) is 5.32 Å². The molecule has 0 aliphatic heterocycles. The van der Waals surface area contributed by atoms with Crippen LogP contribution in [-0.2, 0) is 0 Å². The molecule has 1 aliphatic carbocycles. The molecule has 0 spiro atoms. The highest BCUT2D eigenvalue weighted by molar-refractivity contribution is 6.03. The van der Waals surface area contributed by atoms with Crippen LogP contribution in [0.3, 0.4) is 0 Å². The van der Waals surface area contributed by atoms with Crippen LogP contribution < -0.4 is 16.8 Å². The van der Waals surface area contributed by atoms with Crippen LogP contribution in [0.25, 0.3) is 16.6 Å². The van der Waals surface area contributed by atoms with Gasteiger partial charge in [-0.1, -0.05) is 32.0 Å². The van der Waals surface area contributed by atoms with Crippen molar-refractivity contribution in [3.05, 3.63) is 53.9 Å². The van der Waals surface area contributed by atoms with E-state index >= 15 is 0 Å². The molecule has 1 fully saturated rings. The number of hydrogen-bond donors (Lipinski definition) is 3. The van der Waals surface area contributed by atoms with Gasteiger partial charge in [0.1, 0.15) is 6.17 Å². The molecule has 1 saturated carbocycles. The largest absolute Gasteiger partial charge is 0.377 e. The normalized spacial score (nSPS) is 16.9. The molecule has 8 heteroatoms. The van der Waals surface area contributed by atoms with Crippen molar-refractivity contribution in [3.63, 3.8) is 0 Å². The van der Waals surface area contributed by atoms with Gasteiger partial charge in [-0.15, -0.1) is 12.8 Å². The Morgan fingerprint density at radius 3 is 2.38 bits per heavy atom. The lowest BCUT2D eigenvalue weighted by molar-refractivity contribution is 0.0992. The molecule has 1 aliphatic rings. The number of benzene rings is 1. The summed E-state index contributed by atoms with van der Waals surface area (Å²) in [6, 6.07) is 8.36. The van der Waals surface area contributed by atoms with Gasteiger partial charge in [0.25, 0.3) is 5.91 Å². The van der Waals surface area contributed by atoms with Gasteiger partial charge in [-0.05, 0) is 37.0 Å². The second kappa shape index (κ2) is 11.0. The highest BCUT2D eigenvalue weighted by Gasteiger charge is 2.29. The number of nitrogens with two attached hydrogens (primary N) is 2. The number of fused-ring (bicyclic) bond motifs is 1. The van der Waals surface area contributed by atoms with Crippen LogP contribution in [0.4, 0.5) is 10.1 Å². The molecule has 0 unspecified atom stereocenters. The van der Waals surface area contributed by atoms with E-state index in [4.69, 9.17) is 11.5 Å². The van der Waals surface area contributed by atoms with Crippen LogP contribution in [0, 0.1) is 12.8 Å².